The first-order valence-corrected chi connectivity index (χ1v) is 20.9. The molecule has 2 aliphatic rings. The Morgan fingerprint density at radius 1 is 0.531 bits per heavy atom. The number of anilines is 2. The molecule has 1 aliphatic carbocycles. The molecule has 8 aromatic rings. The van der Waals surface area contributed by atoms with Gasteiger partial charge < -0.3 is 9.47 Å². The number of hydrogen-bond acceptors (Lipinski definition) is 2. The predicted octanol–water partition coefficient (Wildman–Crippen LogP) is 15.7. The molecule has 0 saturated heterocycles. The largest absolute Gasteiger partial charge is 0.416 e. The summed E-state index contributed by atoms with van der Waals surface area (Å²) in [5.41, 5.74) is 8.69. The van der Waals surface area contributed by atoms with Crippen molar-refractivity contribution in [2.75, 3.05) is 4.90 Å². The topological polar surface area (TPSA) is 32.0 Å². The fraction of sp³-hybridized carbons (Fsp3) is 0.145. The fourth-order valence-electron chi connectivity index (χ4n) is 9.89. The van der Waals surface area contributed by atoms with Crippen LogP contribution in [-0.4, -0.2) is 10.6 Å². The van der Waals surface area contributed by atoms with Gasteiger partial charge in [-0.3, -0.25) is 0 Å². The number of rotatable bonds is 5. The van der Waals surface area contributed by atoms with E-state index in [4.69, 9.17) is 0 Å². The zero-order chi connectivity index (χ0) is 44.8. The van der Waals surface area contributed by atoms with Gasteiger partial charge in [-0.05, 0) is 121 Å². The average molecular weight is 856 g/mol. The lowest BCUT2D eigenvalue weighted by atomic mass is 9.90. The van der Waals surface area contributed by atoms with Gasteiger partial charge in [0.25, 0.3) is 0 Å². The number of benzene rings is 7. The summed E-state index contributed by atoms with van der Waals surface area (Å²) in [5, 5.41) is 12.5. The van der Waals surface area contributed by atoms with Crippen molar-refractivity contribution in [3.63, 3.8) is 0 Å². The molecule has 1 aliphatic heterocycles. The lowest BCUT2D eigenvalue weighted by molar-refractivity contribution is -0.143. The Morgan fingerprint density at radius 3 is 1.77 bits per heavy atom. The minimum atomic E-state index is -5.11. The molecule has 1 aromatic heterocycles. The monoisotopic (exact) mass is 855 g/mol. The van der Waals surface area contributed by atoms with E-state index in [2.05, 4.69) is 30.3 Å². The summed E-state index contributed by atoms with van der Waals surface area (Å²) in [7, 11) is 0. The zero-order valence-electron chi connectivity index (χ0n) is 35.2. The molecule has 0 N–H and O–H groups in total. The SMILES string of the molecule is Cc1ccc(-c2ccc3c(c2)N(c2cc(C#N)cc(-n4c5ccccc5c5ccc(-c6ccc(C)cc6C)cc54)c2-c2cc(C(F)(F)F)cc(C(F)(F)F)c2)C2C=CC=CC32)c(C)c1. The molecular weight excluding hydrogens is 817 g/mol. The van der Waals surface area contributed by atoms with Crippen molar-refractivity contribution in [1.29, 1.82) is 5.26 Å². The van der Waals surface area contributed by atoms with Crippen molar-refractivity contribution < 1.29 is 26.3 Å². The van der Waals surface area contributed by atoms with Gasteiger partial charge in [0.05, 0.1) is 51.2 Å². The highest BCUT2D eigenvalue weighted by Gasteiger charge is 2.41. The van der Waals surface area contributed by atoms with Crippen LogP contribution in [0.4, 0.5) is 37.7 Å². The second-order valence-corrected chi connectivity index (χ2v) is 16.9. The second-order valence-electron chi connectivity index (χ2n) is 16.9. The molecule has 0 bridgehead atoms. The Hall–Kier alpha value is -7.31. The van der Waals surface area contributed by atoms with Gasteiger partial charge in [-0.2, -0.15) is 31.6 Å². The van der Waals surface area contributed by atoms with Crippen LogP contribution in [0.1, 0.15) is 50.4 Å². The van der Waals surface area contributed by atoms with E-state index in [0.717, 1.165) is 78.7 Å². The number of nitrogens with zero attached hydrogens (tertiary/aromatic N) is 3. The number of allylic oxidation sites excluding steroid dienone is 2. The van der Waals surface area contributed by atoms with Crippen LogP contribution < -0.4 is 4.90 Å². The van der Waals surface area contributed by atoms with Crippen molar-refractivity contribution in [3.8, 4) is 45.1 Å². The minimum Gasteiger partial charge on any atom is -0.333 e. The number of para-hydroxylation sites is 1. The van der Waals surface area contributed by atoms with E-state index >= 15 is 0 Å². The minimum absolute atomic E-state index is 0.113. The average Bonchev–Trinajstić information content (AvgIpc) is 3.77. The third-order valence-electron chi connectivity index (χ3n) is 12.7. The maximum atomic E-state index is 14.9. The summed E-state index contributed by atoms with van der Waals surface area (Å²) >= 11 is 0. The number of hydrogen-bond donors (Lipinski definition) is 0. The van der Waals surface area contributed by atoms with Gasteiger partial charge in [0.15, 0.2) is 0 Å². The summed E-state index contributed by atoms with van der Waals surface area (Å²) < 4.78 is 91.1. The third-order valence-corrected chi connectivity index (χ3v) is 12.7. The molecule has 3 nitrogen and oxygen atoms in total. The Bertz CT molecular complexity index is 3310. The molecule has 2 heterocycles. The van der Waals surface area contributed by atoms with Gasteiger partial charge in [-0.15, -0.1) is 0 Å². The van der Waals surface area contributed by atoms with Gasteiger partial charge in [0, 0.05) is 27.9 Å². The fourth-order valence-corrected chi connectivity index (χ4v) is 9.89. The van der Waals surface area contributed by atoms with Crippen LogP contribution in [0.2, 0.25) is 0 Å². The van der Waals surface area contributed by atoms with E-state index in [-0.39, 0.29) is 34.4 Å². The Kier molecular flexibility index (Phi) is 9.49. The van der Waals surface area contributed by atoms with Gasteiger partial charge in [-0.1, -0.05) is 114 Å². The standard InChI is InChI=1S/C55H39F6N3/c1-31-13-17-41(33(3)21-31)36-15-19-45-43-9-5-7-11-47(43)63(49(45)27-36)51-23-35(30-62)24-52(53(51)38-25-39(54(56,57)58)29-40(26-38)55(59,60)61)64-48-12-8-6-10-44(48)46-20-16-37(28-50(46)64)42-18-14-32(2)22-34(42)4/h5-29,43,47H,1-4H3. The summed E-state index contributed by atoms with van der Waals surface area (Å²) in [4.78, 5) is 2.00. The van der Waals surface area contributed by atoms with Gasteiger partial charge in [-0.25, -0.2) is 0 Å². The van der Waals surface area contributed by atoms with Crippen molar-refractivity contribution in [1.82, 2.24) is 4.57 Å². The summed E-state index contributed by atoms with van der Waals surface area (Å²) in [5.74, 6) is -0.212. The Labute approximate surface area is 366 Å². The van der Waals surface area contributed by atoms with E-state index < -0.39 is 29.5 Å². The molecule has 0 amide bonds. The van der Waals surface area contributed by atoms with Crippen LogP contribution >= 0.6 is 0 Å². The van der Waals surface area contributed by atoms with Crippen molar-refractivity contribution in [2.24, 2.45) is 0 Å². The molecule has 9 heteroatoms. The number of aromatic nitrogens is 1. The van der Waals surface area contributed by atoms with Crippen LogP contribution in [0, 0.1) is 39.0 Å². The first-order valence-electron chi connectivity index (χ1n) is 20.9. The van der Waals surface area contributed by atoms with E-state index in [0.29, 0.717) is 16.7 Å². The van der Waals surface area contributed by atoms with E-state index in [9.17, 15) is 31.6 Å². The Morgan fingerprint density at radius 2 is 1.12 bits per heavy atom. The predicted molar refractivity (Wildman–Crippen MR) is 244 cm³/mol. The maximum absolute atomic E-state index is 14.9. The smallest absolute Gasteiger partial charge is 0.333 e. The molecule has 0 spiro atoms. The number of aryl methyl sites for hydroxylation is 4. The van der Waals surface area contributed by atoms with E-state index in [1.54, 1.807) is 12.1 Å². The molecule has 7 aromatic carbocycles. The normalized spacial score (nSPS) is 15.8. The van der Waals surface area contributed by atoms with Crippen LogP contribution in [0.5, 0.6) is 0 Å². The highest BCUT2D eigenvalue weighted by Crippen LogP contribution is 2.54. The van der Waals surface area contributed by atoms with E-state index in [1.165, 1.54) is 0 Å². The molecule has 0 saturated carbocycles. The van der Waals surface area contributed by atoms with Crippen LogP contribution in [0.15, 0.2) is 152 Å². The summed E-state index contributed by atoms with van der Waals surface area (Å²) in [6, 6.07) is 38.9. The lowest BCUT2D eigenvalue weighted by Gasteiger charge is -2.32. The number of fused-ring (bicyclic) bond motifs is 6. The first kappa shape index (κ1) is 40.7. The lowest BCUT2D eigenvalue weighted by Crippen LogP contribution is -2.29. The van der Waals surface area contributed by atoms with Crippen molar-refractivity contribution in [2.45, 2.75) is 52.0 Å². The van der Waals surface area contributed by atoms with Gasteiger partial charge in [0.2, 0.25) is 0 Å². The van der Waals surface area contributed by atoms with Crippen LogP contribution in [0.25, 0.3) is 60.9 Å². The molecule has 64 heavy (non-hydrogen) atoms. The number of halogens is 6. The second kappa shape index (κ2) is 14.9. The third kappa shape index (κ3) is 6.76. The highest BCUT2D eigenvalue weighted by molar-refractivity contribution is 6.11. The Balaban J connectivity index is 1.35. The zero-order valence-corrected chi connectivity index (χ0v) is 35.2. The van der Waals surface area contributed by atoms with Gasteiger partial charge in [0.1, 0.15) is 0 Å². The quantitative estimate of drug-likeness (QED) is 0.162. The molecule has 2 atom stereocenters. The van der Waals surface area contributed by atoms with Crippen LogP contribution in [0.3, 0.4) is 0 Å². The van der Waals surface area contributed by atoms with E-state index in [1.807, 2.05) is 134 Å². The number of alkyl halides is 6. The first-order chi connectivity index (χ1) is 30.6. The van der Waals surface area contributed by atoms with Crippen molar-refractivity contribution >= 4 is 33.2 Å². The van der Waals surface area contributed by atoms with Crippen molar-refractivity contribution in [3.05, 3.63) is 196 Å². The maximum Gasteiger partial charge on any atom is 0.416 e. The molecule has 316 valence electrons. The number of nitriles is 1. The summed E-state index contributed by atoms with van der Waals surface area (Å²) in [6.45, 7) is 8.09. The molecule has 0 radical (unpaired) electrons. The summed E-state index contributed by atoms with van der Waals surface area (Å²) in [6.07, 6.45) is -2.33. The molecular formula is C55H39F6N3. The molecule has 2 unspecified atom stereocenters. The highest BCUT2D eigenvalue weighted by atomic mass is 19.4. The van der Waals surface area contributed by atoms with Crippen LogP contribution in [-0.2, 0) is 12.4 Å². The molecule has 10 rings (SSSR count). The van der Waals surface area contributed by atoms with Gasteiger partial charge >= 0.3 is 12.4 Å². The molecule has 0 fully saturated rings.